The number of carbonyl (C=O) groups excluding carboxylic acids is 2. The Bertz CT molecular complexity index is 1510. The number of benzene rings is 2. The lowest BCUT2D eigenvalue weighted by Gasteiger charge is -2.12. The van der Waals surface area contributed by atoms with E-state index in [4.69, 9.17) is 5.11 Å². The normalized spacial score (nSPS) is 11.0. The zero-order valence-electron chi connectivity index (χ0n) is 22.7. The summed E-state index contributed by atoms with van der Waals surface area (Å²) in [5, 5.41) is 18.3. The van der Waals surface area contributed by atoms with Crippen molar-refractivity contribution < 1.29 is 19.1 Å². The monoisotopic (exact) mass is 544 g/mol. The number of hydrogen-bond acceptors (Lipinski definition) is 6. The van der Waals surface area contributed by atoms with Crippen molar-refractivity contribution in [1.29, 1.82) is 0 Å². The fourth-order valence-corrected chi connectivity index (χ4v) is 3.87. The Labute approximate surface area is 232 Å². The maximum atomic E-state index is 12.8. The van der Waals surface area contributed by atoms with E-state index in [1.54, 1.807) is 6.20 Å². The van der Waals surface area contributed by atoms with Gasteiger partial charge in [-0.2, -0.15) is 5.10 Å². The topological polar surface area (TPSA) is 114 Å². The lowest BCUT2D eigenvalue weighted by molar-refractivity contribution is -0.105. The van der Waals surface area contributed by atoms with Gasteiger partial charge in [0.1, 0.15) is 17.8 Å². The van der Waals surface area contributed by atoms with Gasteiger partial charge >= 0.3 is 0 Å². The van der Waals surface area contributed by atoms with Gasteiger partial charge in [0.25, 0.3) is 0 Å². The number of amides is 1. The van der Waals surface area contributed by atoms with E-state index in [-0.39, 0.29) is 18.3 Å². The first-order chi connectivity index (χ1) is 19.4. The predicted octanol–water partition coefficient (Wildman–Crippen LogP) is 4.06. The number of halogens is 1. The van der Waals surface area contributed by atoms with Crippen molar-refractivity contribution in [2.24, 2.45) is 7.05 Å². The molecular weight excluding hydrogens is 511 g/mol. The quantitative estimate of drug-likeness (QED) is 0.254. The van der Waals surface area contributed by atoms with Crippen LogP contribution in [0.25, 0.3) is 16.9 Å². The van der Waals surface area contributed by atoms with Gasteiger partial charge in [-0.25, -0.2) is 9.37 Å². The zero-order chi connectivity index (χ0) is 28.9. The van der Waals surface area contributed by atoms with Crippen LogP contribution in [0.4, 0.5) is 10.1 Å². The second kappa shape index (κ2) is 15.1. The lowest BCUT2D eigenvalue weighted by atomic mass is 10.1. The van der Waals surface area contributed by atoms with Crippen LogP contribution in [0.15, 0.2) is 85.3 Å². The minimum absolute atomic E-state index is 0.00889. The number of aliphatic hydroxyl groups is 1. The van der Waals surface area contributed by atoms with E-state index in [2.05, 4.69) is 49.4 Å². The highest BCUT2D eigenvalue weighted by Gasteiger charge is 2.06. The highest BCUT2D eigenvalue weighted by atomic mass is 19.1. The summed E-state index contributed by atoms with van der Waals surface area (Å²) in [7, 11) is 3.81. The number of imidazole rings is 1. The fourth-order valence-electron chi connectivity index (χ4n) is 3.87. The smallest absolute Gasteiger partial charge is 0.211 e. The summed E-state index contributed by atoms with van der Waals surface area (Å²) in [5.41, 5.74) is 5.94. The molecule has 1 unspecified atom stereocenters. The van der Waals surface area contributed by atoms with E-state index < -0.39 is 5.82 Å². The van der Waals surface area contributed by atoms with Crippen LogP contribution in [0.2, 0.25) is 0 Å². The van der Waals surface area contributed by atoms with Crippen LogP contribution in [0.3, 0.4) is 0 Å². The summed E-state index contributed by atoms with van der Waals surface area (Å²) in [6.07, 6.45) is 7.54. The molecule has 0 fully saturated rings. The van der Waals surface area contributed by atoms with E-state index in [0.29, 0.717) is 18.3 Å². The highest BCUT2D eigenvalue weighted by molar-refractivity contribution is 5.80. The standard InChI is InChI=1S/C12H12N4.C10H15NO.C8H6FNO2/c1-9-8-13-12-7-10(4-6-16(9)12)11-3-5-14-15(11)2;1-11-10(8-12)7-9-5-3-2-4-6-9;9-7-2-1-6(4-11)3-8(7)10-5-12/h3-8H,1-2H3;2-6,10-12H,7-8H2,1H3;1-5H,(H,10,12). The zero-order valence-corrected chi connectivity index (χ0v) is 22.7. The summed E-state index contributed by atoms with van der Waals surface area (Å²) in [4.78, 5) is 24.5. The molecule has 40 heavy (non-hydrogen) atoms. The third-order valence-corrected chi connectivity index (χ3v) is 6.11. The molecule has 0 aliphatic rings. The molecule has 3 heterocycles. The predicted molar refractivity (Wildman–Crippen MR) is 154 cm³/mol. The number of aldehydes is 1. The molecule has 0 saturated carbocycles. The Morgan fingerprint density at radius 1 is 1.07 bits per heavy atom. The average molecular weight is 545 g/mol. The number of aromatic nitrogens is 4. The molecule has 0 aliphatic carbocycles. The maximum Gasteiger partial charge on any atom is 0.211 e. The molecule has 3 N–H and O–H groups in total. The Morgan fingerprint density at radius 3 is 2.48 bits per heavy atom. The molecule has 0 saturated heterocycles. The number of nitrogens with one attached hydrogen (secondary N) is 2. The Hall–Kier alpha value is -4.67. The van der Waals surface area contributed by atoms with Crippen molar-refractivity contribution in [2.75, 3.05) is 19.0 Å². The van der Waals surface area contributed by atoms with E-state index in [0.717, 1.165) is 35.1 Å². The third kappa shape index (κ3) is 8.16. The van der Waals surface area contributed by atoms with E-state index >= 15 is 0 Å². The first-order valence-electron chi connectivity index (χ1n) is 12.6. The number of fused-ring (bicyclic) bond motifs is 1. The molecule has 0 spiro atoms. The number of rotatable bonds is 8. The summed E-state index contributed by atoms with van der Waals surface area (Å²) < 4.78 is 16.7. The van der Waals surface area contributed by atoms with Gasteiger partial charge in [0.2, 0.25) is 6.41 Å². The van der Waals surface area contributed by atoms with Crippen LogP contribution in [-0.4, -0.2) is 56.7 Å². The molecule has 5 rings (SSSR count). The minimum atomic E-state index is -0.562. The minimum Gasteiger partial charge on any atom is -0.395 e. The van der Waals surface area contributed by atoms with Gasteiger partial charge < -0.3 is 20.1 Å². The number of anilines is 1. The number of hydrogen-bond donors (Lipinski definition) is 3. The van der Waals surface area contributed by atoms with E-state index in [9.17, 15) is 14.0 Å². The summed E-state index contributed by atoms with van der Waals surface area (Å²) in [6, 6.07) is 20.2. The summed E-state index contributed by atoms with van der Waals surface area (Å²) in [6.45, 7) is 2.23. The van der Waals surface area contributed by atoms with Crippen molar-refractivity contribution in [1.82, 2.24) is 24.5 Å². The van der Waals surface area contributed by atoms with Crippen molar-refractivity contribution in [3.8, 4) is 11.3 Å². The summed E-state index contributed by atoms with van der Waals surface area (Å²) in [5.74, 6) is -0.562. The van der Waals surface area contributed by atoms with Gasteiger partial charge in [-0.05, 0) is 62.4 Å². The van der Waals surface area contributed by atoms with Crippen LogP contribution in [0.5, 0.6) is 0 Å². The van der Waals surface area contributed by atoms with Crippen LogP contribution in [-0.2, 0) is 18.3 Å². The first-order valence-corrected chi connectivity index (χ1v) is 12.6. The molecule has 5 aromatic rings. The van der Waals surface area contributed by atoms with Gasteiger partial charge in [0, 0.05) is 48.5 Å². The van der Waals surface area contributed by atoms with Crippen molar-refractivity contribution >= 4 is 24.0 Å². The molecule has 2 aromatic carbocycles. The second-order valence-electron chi connectivity index (χ2n) is 8.86. The van der Waals surface area contributed by atoms with E-state index in [1.165, 1.54) is 17.7 Å². The molecular formula is C30H33FN6O3. The highest BCUT2D eigenvalue weighted by Crippen LogP contribution is 2.20. The van der Waals surface area contributed by atoms with Crippen LogP contribution in [0, 0.1) is 12.7 Å². The first kappa shape index (κ1) is 29.9. The number of nitrogens with zero attached hydrogens (tertiary/aromatic N) is 4. The van der Waals surface area contributed by atoms with Gasteiger partial charge in [0.05, 0.1) is 18.0 Å². The van der Waals surface area contributed by atoms with Crippen molar-refractivity contribution in [3.63, 3.8) is 0 Å². The average Bonchev–Trinajstić information content (AvgIpc) is 3.59. The number of aryl methyl sites for hydroxylation is 2. The third-order valence-electron chi connectivity index (χ3n) is 6.11. The molecule has 0 bridgehead atoms. The number of pyridine rings is 1. The molecule has 0 aliphatic heterocycles. The number of likely N-dealkylation sites (N-methyl/N-ethyl adjacent to an activating group) is 1. The Morgan fingerprint density at radius 2 is 1.85 bits per heavy atom. The molecule has 1 amide bonds. The lowest BCUT2D eigenvalue weighted by Crippen LogP contribution is -2.31. The molecule has 9 nitrogen and oxygen atoms in total. The molecule has 10 heteroatoms. The number of carbonyl (C=O) groups is 2. The molecule has 1 atom stereocenters. The Kier molecular flexibility index (Phi) is 11.2. The van der Waals surface area contributed by atoms with Crippen LogP contribution >= 0.6 is 0 Å². The maximum absolute atomic E-state index is 12.8. The van der Waals surface area contributed by atoms with Gasteiger partial charge in [-0.1, -0.05) is 30.3 Å². The second-order valence-corrected chi connectivity index (χ2v) is 8.86. The fraction of sp³-hybridized carbons (Fsp3) is 0.200. The van der Waals surface area contributed by atoms with Gasteiger partial charge in [-0.3, -0.25) is 14.3 Å². The summed E-state index contributed by atoms with van der Waals surface area (Å²) >= 11 is 0. The Balaban J connectivity index is 0.000000169. The molecule has 0 radical (unpaired) electrons. The van der Waals surface area contributed by atoms with Crippen LogP contribution in [0.1, 0.15) is 21.6 Å². The van der Waals surface area contributed by atoms with Gasteiger partial charge in [0.15, 0.2) is 0 Å². The van der Waals surface area contributed by atoms with Gasteiger partial charge in [-0.15, -0.1) is 0 Å². The van der Waals surface area contributed by atoms with E-state index in [1.807, 2.05) is 62.4 Å². The van der Waals surface area contributed by atoms with Crippen molar-refractivity contribution in [2.45, 2.75) is 19.4 Å². The molecule has 208 valence electrons. The largest absolute Gasteiger partial charge is 0.395 e. The number of aliphatic hydroxyl groups excluding tert-OH is 1. The molecule has 3 aromatic heterocycles. The van der Waals surface area contributed by atoms with Crippen LogP contribution < -0.4 is 10.6 Å². The SMILES string of the molecule is CNC(CO)Cc1ccccc1.Cc1cnc2cc(-c3ccnn3C)ccn12.O=CNc1cc(C=O)ccc1F. The van der Waals surface area contributed by atoms with Crippen molar-refractivity contribution in [3.05, 3.63) is 108 Å².